The molecule has 4 heteroatoms. The largest absolute Gasteiger partial charge is 0.323 e. The van der Waals surface area contributed by atoms with E-state index in [9.17, 15) is 4.79 Å². The van der Waals surface area contributed by atoms with Crippen LogP contribution in [-0.2, 0) is 4.79 Å². The fourth-order valence-electron chi connectivity index (χ4n) is 0.807. The highest BCUT2D eigenvalue weighted by Crippen LogP contribution is 2.17. The third-order valence-corrected chi connectivity index (χ3v) is 2.30. The van der Waals surface area contributed by atoms with Gasteiger partial charge in [0.05, 0.1) is 0 Å². The third-order valence-electron chi connectivity index (χ3n) is 1.42. The van der Waals surface area contributed by atoms with Gasteiger partial charge in [-0.15, -0.1) is 0 Å². The summed E-state index contributed by atoms with van der Waals surface area (Å²) < 4.78 is 3.92. The molecule has 0 aliphatic carbocycles. The Balaban J connectivity index is 2.42. The summed E-state index contributed by atoms with van der Waals surface area (Å²) in [7, 11) is 0. The molecule has 1 atom stereocenters. The van der Waals surface area contributed by atoms with E-state index in [0.29, 0.717) is 12.8 Å². The van der Waals surface area contributed by atoms with Crippen LogP contribution < -0.4 is 5.73 Å². The molecule has 0 saturated carbocycles. The molecule has 3 nitrogen and oxygen atoms in total. The van der Waals surface area contributed by atoms with Crippen molar-refractivity contribution in [2.75, 3.05) is 0 Å². The molecule has 0 saturated heterocycles. The lowest BCUT2D eigenvalue weighted by atomic mass is 10.1. The topological polar surface area (TPSA) is 56.0 Å². The molecule has 1 unspecified atom stereocenters. The van der Waals surface area contributed by atoms with Crippen molar-refractivity contribution in [1.29, 1.82) is 0 Å². The van der Waals surface area contributed by atoms with Crippen LogP contribution in [-0.4, -0.2) is 10.7 Å². The first-order valence-electron chi connectivity index (χ1n) is 3.44. The van der Waals surface area contributed by atoms with Gasteiger partial charge in [0.25, 0.3) is 0 Å². The van der Waals surface area contributed by atoms with Crippen LogP contribution in [0.15, 0.2) is 12.3 Å². The lowest BCUT2D eigenvalue weighted by molar-refractivity contribution is -0.108. The number of rotatable bonds is 4. The maximum Gasteiger partial charge on any atom is 0.120 e. The van der Waals surface area contributed by atoms with Crippen molar-refractivity contribution in [2.24, 2.45) is 5.73 Å². The van der Waals surface area contributed by atoms with Crippen LogP contribution in [0.2, 0.25) is 0 Å². The second-order valence-electron chi connectivity index (χ2n) is 2.27. The number of nitrogens with two attached hydrogens (primary N) is 1. The second kappa shape index (κ2) is 4.20. The van der Waals surface area contributed by atoms with Crippen LogP contribution in [0.3, 0.4) is 0 Å². The van der Waals surface area contributed by atoms with Crippen molar-refractivity contribution in [3.05, 3.63) is 17.1 Å². The molecule has 1 heterocycles. The Morgan fingerprint density at radius 3 is 3.18 bits per heavy atom. The number of aldehydes is 1. The Morgan fingerprint density at radius 1 is 1.82 bits per heavy atom. The Hall–Kier alpha value is -0.740. The smallest absolute Gasteiger partial charge is 0.120 e. The standard InChI is InChI=1S/C7H10N2OS/c8-6(2-1-5-10)7-3-4-9-11-7/h3-6H,1-2,8H2. The minimum atomic E-state index is -0.0206. The van der Waals surface area contributed by atoms with E-state index in [0.717, 1.165) is 11.2 Å². The monoisotopic (exact) mass is 170 g/mol. The highest BCUT2D eigenvalue weighted by Gasteiger charge is 2.05. The summed E-state index contributed by atoms with van der Waals surface area (Å²) in [6, 6.07) is 1.87. The van der Waals surface area contributed by atoms with E-state index in [2.05, 4.69) is 4.37 Å². The SMILES string of the molecule is NC(CCC=O)c1ccns1. The van der Waals surface area contributed by atoms with Crippen molar-refractivity contribution in [3.8, 4) is 0 Å². The Morgan fingerprint density at radius 2 is 2.64 bits per heavy atom. The van der Waals surface area contributed by atoms with Crippen LogP contribution in [0.5, 0.6) is 0 Å². The molecule has 0 amide bonds. The summed E-state index contributed by atoms with van der Waals surface area (Å²) in [5.41, 5.74) is 5.74. The molecule has 0 aliphatic heterocycles. The average Bonchev–Trinajstić information content (AvgIpc) is 2.52. The molecule has 11 heavy (non-hydrogen) atoms. The molecule has 1 aromatic heterocycles. The van der Waals surface area contributed by atoms with Gasteiger partial charge in [0.2, 0.25) is 0 Å². The van der Waals surface area contributed by atoms with E-state index in [-0.39, 0.29) is 6.04 Å². The van der Waals surface area contributed by atoms with Gasteiger partial charge < -0.3 is 10.5 Å². The first kappa shape index (κ1) is 8.36. The summed E-state index contributed by atoms with van der Waals surface area (Å²) in [6.45, 7) is 0. The Kier molecular flexibility index (Phi) is 3.19. The predicted octanol–water partition coefficient (Wildman–Crippen LogP) is 1.12. The zero-order chi connectivity index (χ0) is 8.10. The molecule has 0 radical (unpaired) electrons. The molecule has 2 N–H and O–H groups in total. The zero-order valence-corrected chi connectivity index (χ0v) is 6.88. The number of aromatic nitrogens is 1. The van der Waals surface area contributed by atoms with Crippen molar-refractivity contribution in [3.63, 3.8) is 0 Å². The van der Waals surface area contributed by atoms with Crippen molar-refractivity contribution in [1.82, 2.24) is 4.37 Å². The summed E-state index contributed by atoms with van der Waals surface area (Å²) in [5, 5.41) is 0. The lowest BCUT2D eigenvalue weighted by Crippen LogP contribution is -2.08. The Labute approximate surface area is 69.4 Å². The first-order chi connectivity index (χ1) is 5.34. The molecule has 0 bridgehead atoms. The van der Waals surface area contributed by atoms with Gasteiger partial charge in [0.15, 0.2) is 0 Å². The molecule has 0 fully saturated rings. The normalized spacial score (nSPS) is 12.8. The van der Waals surface area contributed by atoms with Crippen molar-refractivity contribution >= 4 is 17.8 Å². The van der Waals surface area contributed by atoms with Gasteiger partial charge >= 0.3 is 0 Å². The van der Waals surface area contributed by atoms with Gasteiger partial charge in [0.1, 0.15) is 6.29 Å². The molecule has 0 aliphatic rings. The molecule has 1 aromatic rings. The average molecular weight is 170 g/mol. The highest BCUT2D eigenvalue weighted by molar-refractivity contribution is 7.05. The van der Waals surface area contributed by atoms with Gasteiger partial charge in [-0.2, -0.15) is 0 Å². The fraction of sp³-hybridized carbons (Fsp3) is 0.429. The molecule has 0 aromatic carbocycles. The van der Waals surface area contributed by atoms with Gasteiger partial charge in [-0.25, -0.2) is 4.37 Å². The molecule has 60 valence electrons. The Bertz CT molecular complexity index is 210. The van der Waals surface area contributed by atoms with Gasteiger partial charge in [-0.1, -0.05) is 0 Å². The van der Waals surface area contributed by atoms with E-state index in [1.165, 1.54) is 11.5 Å². The van der Waals surface area contributed by atoms with Gasteiger partial charge in [0, 0.05) is 23.5 Å². The van der Waals surface area contributed by atoms with Gasteiger partial charge in [-0.3, -0.25) is 0 Å². The quantitative estimate of drug-likeness (QED) is 0.689. The summed E-state index contributed by atoms with van der Waals surface area (Å²) in [4.78, 5) is 11.1. The van der Waals surface area contributed by atoms with Crippen LogP contribution in [0, 0.1) is 0 Å². The maximum absolute atomic E-state index is 10.0. The van der Waals surface area contributed by atoms with E-state index in [1.54, 1.807) is 6.20 Å². The molecule has 0 spiro atoms. The minimum absolute atomic E-state index is 0.0206. The number of hydrogen-bond donors (Lipinski definition) is 1. The van der Waals surface area contributed by atoms with E-state index in [1.807, 2.05) is 6.07 Å². The van der Waals surface area contributed by atoms with Crippen LogP contribution in [0.4, 0.5) is 0 Å². The highest BCUT2D eigenvalue weighted by atomic mass is 32.1. The zero-order valence-electron chi connectivity index (χ0n) is 6.06. The minimum Gasteiger partial charge on any atom is -0.323 e. The number of hydrogen-bond acceptors (Lipinski definition) is 4. The summed E-state index contributed by atoms with van der Waals surface area (Å²) in [5.74, 6) is 0. The second-order valence-corrected chi connectivity index (χ2v) is 3.13. The number of nitrogens with zero attached hydrogens (tertiary/aromatic N) is 1. The van der Waals surface area contributed by atoms with E-state index in [4.69, 9.17) is 5.73 Å². The lowest BCUT2D eigenvalue weighted by Gasteiger charge is -2.04. The maximum atomic E-state index is 10.0. The predicted molar refractivity (Wildman–Crippen MR) is 44.3 cm³/mol. The van der Waals surface area contributed by atoms with Crippen molar-refractivity contribution < 1.29 is 4.79 Å². The molecule has 1 rings (SSSR count). The third kappa shape index (κ3) is 2.40. The van der Waals surface area contributed by atoms with E-state index < -0.39 is 0 Å². The first-order valence-corrected chi connectivity index (χ1v) is 4.21. The van der Waals surface area contributed by atoms with Crippen LogP contribution >= 0.6 is 11.5 Å². The molecular weight excluding hydrogens is 160 g/mol. The van der Waals surface area contributed by atoms with E-state index >= 15 is 0 Å². The van der Waals surface area contributed by atoms with Gasteiger partial charge in [-0.05, 0) is 24.0 Å². The number of carbonyl (C=O) groups is 1. The number of carbonyl (C=O) groups excluding carboxylic acids is 1. The fourth-order valence-corrected chi connectivity index (χ4v) is 1.43. The van der Waals surface area contributed by atoms with Crippen LogP contribution in [0.1, 0.15) is 23.8 Å². The summed E-state index contributed by atoms with van der Waals surface area (Å²) in [6.07, 6.45) is 3.85. The van der Waals surface area contributed by atoms with Crippen LogP contribution in [0.25, 0.3) is 0 Å². The molecular formula is C7H10N2OS. The summed E-state index contributed by atoms with van der Waals surface area (Å²) >= 11 is 1.39. The van der Waals surface area contributed by atoms with Crippen molar-refractivity contribution in [2.45, 2.75) is 18.9 Å².